The van der Waals surface area contributed by atoms with E-state index < -0.39 is 20.0 Å². The van der Waals surface area contributed by atoms with E-state index in [0.717, 1.165) is 17.1 Å². The SMILES string of the molecule is CN(C)S(=O)(=O)c1ccccc1CNS(=O)(=O)c1ccc(C2CCCCC2)cc1. The fourth-order valence-corrected chi connectivity index (χ4v) is 5.83. The van der Waals surface area contributed by atoms with E-state index >= 15 is 0 Å². The van der Waals surface area contributed by atoms with Crippen molar-refractivity contribution >= 4 is 20.0 Å². The molecule has 1 saturated carbocycles. The molecule has 0 aliphatic heterocycles. The molecule has 158 valence electrons. The lowest BCUT2D eigenvalue weighted by Gasteiger charge is -2.22. The lowest BCUT2D eigenvalue weighted by atomic mass is 9.84. The lowest BCUT2D eigenvalue weighted by Crippen LogP contribution is -2.27. The van der Waals surface area contributed by atoms with Crippen LogP contribution in [0.5, 0.6) is 0 Å². The predicted octanol–water partition coefficient (Wildman–Crippen LogP) is 3.46. The highest BCUT2D eigenvalue weighted by molar-refractivity contribution is 7.89. The first kappa shape index (κ1) is 22.0. The normalized spacial score (nSPS) is 16.2. The van der Waals surface area contributed by atoms with Gasteiger partial charge in [0.1, 0.15) is 0 Å². The first-order valence-corrected chi connectivity index (χ1v) is 12.7. The van der Waals surface area contributed by atoms with Crippen molar-refractivity contribution in [2.75, 3.05) is 14.1 Å². The monoisotopic (exact) mass is 436 g/mol. The Bertz CT molecular complexity index is 1040. The minimum Gasteiger partial charge on any atom is -0.207 e. The summed E-state index contributed by atoms with van der Waals surface area (Å²) in [6, 6.07) is 13.5. The first-order chi connectivity index (χ1) is 13.7. The number of benzene rings is 2. The second-order valence-electron chi connectivity index (χ2n) is 7.62. The zero-order chi connectivity index (χ0) is 21.1. The average molecular weight is 437 g/mol. The molecule has 0 aromatic heterocycles. The van der Waals surface area contributed by atoms with E-state index in [4.69, 9.17) is 0 Å². The van der Waals surface area contributed by atoms with Crippen molar-refractivity contribution in [1.82, 2.24) is 9.03 Å². The number of sulfonamides is 2. The number of nitrogens with zero attached hydrogens (tertiary/aromatic N) is 1. The van der Waals surface area contributed by atoms with Crippen molar-refractivity contribution in [3.05, 3.63) is 59.7 Å². The Kier molecular flexibility index (Phi) is 6.78. The molecule has 8 heteroatoms. The van der Waals surface area contributed by atoms with Crippen molar-refractivity contribution in [2.45, 2.75) is 54.4 Å². The van der Waals surface area contributed by atoms with Crippen molar-refractivity contribution in [3.63, 3.8) is 0 Å². The van der Waals surface area contributed by atoms with E-state index in [2.05, 4.69) is 4.72 Å². The molecular weight excluding hydrogens is 408 g/mol. The van der Waals surface area contributed by atoms with Crippen molar-refractivity contribution in [1.29, 1.82) is 0 Å². The van der Waals surface area contributed by atoms with Crippen LogP contribution in [0.3, 0.4) is 0 Å². The highest BCUT2D eigenvalue weighted by Gasteiger charge is 2.22. The summed E-state index contributed by atoms with van der Waals surface area (Å²) < 4.78 is 54.0. The highest BCUT2D eigenvalue weighted by atomic mass is 32.2. The Balaban J connectivity index is 1.76. The number of hydrogen-bond acceptors (Lipinski definition) is 4. The summed E-state index contributed by atoms with van der Waals surface area (Å²) in [7, 11) is -4.51. The second-order valence-corrected chi connectivity index (χ2v) is 11.5. The fourth-order valence-electron chi connectivity index (χ4n) is 3.71. The molecule has 2 aromatic carbocycles. The fraction of sp³-hybridized carbons (Fsp3) is 0.429. The Morgan fingerprint density at radius 2 is 1.52 bits per heavy atom. The summed E-state index contributed by atoms with van der Waals surface area (Å²) in [5.74, 6) is 0.511. The average Bonchev–Trinajstić information content (AvgIpc) is 2.73. The van der Waals surface area contributed by atoms with Gasteiger partial charge in [-0.1, -0.05) is 49.6 Å². The molecule has 1 aliphatic carbocycles. The van der Waals surface area contributed by atoms with Crippen molar-refractivity contribution in [3.8, 4) is 0 Å². The molecule has 0 bridgehead atoms. The van der Waals surface area contributed by atoms with Gasteiger partial charge >= 0.3 is 0 Å². The Morgan fingerprint density at radius 3 is 2.14 bits per heavy atom. The van der Waals surface area contributed by atoms with Crippen LogP contribution >= 0.6 is 0 Å². The molecule has 3 rings (SSSR count). The minimum absolute atomic E-state index is 0.0975. The molecule has 29 heavy (non-hydrogen) atoms. The third-order valence-corrected chi connectivity index (χ3v) is 8.78. The third kappa shape index (κ3) is 5.06. The maximum Gasteiger partial charge on any atom is 0.242 e. The van der Waals surface area contributed by atoms with Gasteiger partial charge in [-0.25, -0.2) is 25.9 Å². The summed E-state index contributed by atoms with van der Waals surface area (Å²) in [6.45, 7) is -0.101. The number of nitrogens with one attached hydrogen (secondary N) is 1. The van der Waals surface area contributed by atoms with Gasteiger partial charge in [-0.05, 0) is 48.1 Å². The summed E-state index contributed by atoms with van der Waals surface area (Å²) in [5.41, 5.74) is 1.59. The molecular formula is C21H28N2O4S2. The zero-order valence-electron chi connectivity index (χ0n) is 16.8. The van der Waals surface area contributed by atoms with Crippen LogP contribution in [0, 0.1) is 0 Å². The van der Waals surface area contributed by atoms with Gasteiger partial charge in [-0.3, -0.25) is 0 Å². The number of rotatable bonds is 7. The standard InChI is InChI=1S/C21H28N2O4S2/c1-23(2)29(26,27)21-11-7-6-10-19(21)16-22-28(24,25)20-14-12-18(13-15-20)17-8-4-3-5-9-17/h6-7,10-15,17,22H,3-5,8-9,16H2,1-2H3. The van der Waals surface area contributed by atoms with E-state index in [1.165, 1.54) is 45.0 Å². The van der Waals surface area contributed by atoms with Gasteiger partial charge in [-0.15, -0.1) is 0 Å². The van der Waals surface area contributed by atoms with Crippen LogP contribution in [0.2, 0.25) is 0 Å². The van der Waals surface area contributed by atoms with E-state index in [-0.39, 0.29) is 16.3 Å². The molecule has 1 fully saturated rings. The van der Waals surface area contributed by atoms with Crippen molar-refractivity contribution < 1.29 is 16.8 Å². The van der Waals surface area contributed by atoms with Gasteiger partial charge in [0, 0.05) is 20.6 Å². The number of hydrogen-bond donors (Lipinski definition) is 1. The van der Waals surface area contributed by atoms with E-state index in [1.54, 1.807) is 30.3 Å². The van der Waals surface area contributed by atoms with Crippen LogP contribution in [0.15, 0.2) is 58.3 Å². The second kappa shape index (κ2) is 8.95. The quantitative estimate of drug-likeness (QED) is 0.720. The van der Waals surface area contributed by atoms with Crippen LogP contribution in [0.25, 0.3) is 0 Å². The van der Waals surface area contributed by atoms with E-state index in [9.17, 15) is 16.8 Å². The Morgan fingerprint density at radius 1 is 0.897 bits per heavy atom. The molecule has 0 heterocycles. The van der Waals surface area contributed by atoms with Gasteiger partial charge in [0.2, 0.25) is 20.0 Å². The Labute approximate surface area is 174 Å². The molecule has 1 aliphatic rings. The Hall–Kier alpha value is -1.74. The third-order valence-electron chi connectivity index (χ3n) is 5.45. The predicted molar refractivity (Wildman–Crippen MR) is 114 cm³/mol. The van der Waals surface area contributed by atoms with Crippen LogP contribution in [-0.2, 0) is 26.6 Å². The van der Waals surface area contributed by atoms with E-state index in [1.807, 2.05) is 12.1 Å². The molecule has 0 saturated heterocycles. The minimum atomic E-state index is -3.75. The maximum absolute atomic E-state index is 12.7. The maximum atomic E-state index is 12.7. The van der Waals surface area contributed by atoms with Crippen molar-refractivity contribution in [2.24, 2.45) is 0 Å². The van der Waals surface area contributed by atoms with Gasteiger partial charge in [0.25, 0.3) is 0 Å². The van der Waals surface area contributed by atoms with E-state index in [0.29, 0.717) is 11.5 Å². The molecule has 0 radical (unpaired) electrons. The van der Waals surface area contributed by atoms with Gasteiger partial charge in [0.05, 0.1) is 9.79 Å². The topological polar surface area (TPSA) is 83.6 Å². The van der Waals surface area contributed by atoms with Gasteiger partial charge < -0.3 is 0 Å². The molecule has 0 atom stereocenters. The highest BCUT2D eigenvalue weighted by Crippen LogP contribution is 2.32. The van der Waals surface area contributed by atoms with Gasteiger partial charge in [0.15, 0.2) is 0 Å². The molecule has 0 amide bonds. The largest absolute Gasteiger partial charge is 0.242 e. The summed E-state index contributed by atoms with van der Waals surface area (Å²) >= 11 is 0. The van der Waals surface area contributed by atoms with Gasteiger partial charge in [-0.2, -0.15) is 0 Å². The summed E-state index contributed by atoms with van der Waals surface area (Å²) in [4.78, 5) is 0.283. The molecule has 1 N–H and O–H groups in total. The smallest absolute Gasteiger partial charge is 0.207 e. The van der Waals surface area contributed by atoms with Crippen LogP contribution < -0.4 is 4.72 Å². The molecule has 2 aromatic rings. The summed E-state index contributed by atoms with van der Waals surface area (Å²) in [5, 5.41) is 0. The zero-order valence-corrected chi connectivity index (χ0v) is 18.5. The van der Waals surface area contributed by atoms with Crippen LogP contribution in [-0.4, -0.2) is 35.2 Å². The first-order valence-electron chi connectivity index (χ1n) is 9.82. The lowest BCUT2D eigenvalue weighted by molar-refractivity contribution is 0.443. The summed E-state index contributed by atoms with van der Waals surface area (Å²) in [6.07, 6.45) is 6.03. The van der Waals surface area contributed by atoms with Crippen LogP contribution in [0.1, 0.15) is 49.1 Å². The molecule has 6 nitrogen and oxygen atoms in total. The molecule has 0 unspecified atom stereocenters. The molecule has 0 spiro atoms. The van der Waals surface area contributed by atoms with Crippen LogP contribution in [0.4, 0.5) is 0 Å².